The molecule has 1 N–H and O–H groups in total. The van der Waals surface area contributed by atoms with Gasteiger partial charge in [-0.2, -0.15) is 0 Å². The highest BCUT2D eigenvalue weighted by Crippen LogP contribution is 2.22. The molecule has 1 saturated heterocycles. The van der Waals surface area contributed by atoms with E-state index in [0.29, 0.717) is 31.1 Å². The lowest BCUT2D eigenvalue weighted by Gasteiger charge is -2.29. The molecule has 0 bridgehead atoms. The molecule has 0 aliphatic carbocycles. The Hall–Kier alpha value is -1.06. The third-order valence-electron chi connectivity index (χ3n) is 3.34. The van der Waals surface area contributed by atoms with Gasteiger partial charge in [0.15, 0.2) is 0 Å². The van der Waals surface area contributed by atoms with Crippen LogP contribution in [0.25, 0.3) is 0 Å². The van der Waals surface area contributed by atoms with E-state index in [0.717, 1.165) is 5.01 Å². The number of hydrogen-bond acceptors (Lipinski definition) is 6. The molecule has 7 nitrogen and oxygen atoms in total. The Balaban J connectivity index is 1.89. The third kappa shape index (κ3) is 3.53. The third-order valence-corrected chi connectivity index (χ3v) is 5.97. The monoisotopic (exact) mass is 318 g/mol. The standard InChI is InChI=1S/C11H18N4O3S2/c1-3-20(17,18)15-6-4-9(5-7-15)10(16)12-11-14-13-8(2)19-11/h9H,3-7H2,1-2H3,(H,12,14,16). The normalized spacial score (nSPS) is 18.1. The molecule has 112 valence electrons. The second kappa shape index (κ2) is 6.15. The van der Waals surface area contributed by atoms with Gasteiger partial charge in [-0.1, -0.05) is 11.3 Å². The number of carbonyl (C=O) groups excluding carboxylic acids is 1. The zero-order valence-corrected chi connectivity index (χ0v) is 13.1. The average molecular weight is 318 g/mol. The number of nitrogens with one attached hydrogen (secondary N) is 1. The first-order chi connectivity index (χ1) is 9.42. The highest BCUT2D eigenvalue weighted by atomic mass is 32.2. The number of carbonyl (C=O) groups is 1. The Morgan fingerprint density at radius 2 is 2.05 bits per heavy atom. The van der Waals surface area contributed by atoms with E-state index in [1.807, 2.05) is 6.92 Å². The summed E-state index contributed by atoms with van der Waals surface area (Å²) in [4.78, 5) is 12.1. The second-order valence-corrected chi connectivity index (χ2v) is 8.13. The van der Waals surface area contributed by atoms with Crippen molar-refractivity contribution in [2.75, 3.05) is 24.2 Å². The first-order valence-electron chi connectivity index (χ1n) is 6.51. The van der Waals surface area contributed by atoms with E-state index in [4.69, 9.17) is 0 Å². The molecule has 0 aromatic carbocycles. The molecule has 2 heterocycles. The van der Waals surface area contributed by atoms with Crippen molar-refractivity contribution in [2.24, 2.45) is 5.92 Å². The lowest BCUT2D eigenvalue weighted by atomic mass is 9.97. The van der Waals surface area contributed by atoms with E-state index >= 15 is 0 Å². The fourth-order valence-electron chi connectivity index (χ4n) is 2.13. The summed E-state index contributed by atoms with van der Waals surface area (Å²) in [5.41, 5.74) is 0. The predicted octanol–water partition coefficient (Wildman–Crippen LogP) is 0.847. The van der Waals surface area contributed by atoms with Gasteiger partial charge >= 0.3 is 0 Å². The summed E-state index contributed by atoms with van der Waals surface area (Å²) in [7, 11) is -3.14. The van der Waals surface area contributed by atoms with Crippen molar-refractivity contribution in [1.29, 1.82) is 0 Å². The van der Waals surface area contributed by atoms with Crippen molar-refractivity contribution < 1.29 is 13.2 Å². The van der Waals surface area contributed by atoms with E-state index in [-0.39, 0.29) is 17.6 Å². The Labute approximate surface area is 122 Å². The summed E-state index contributed by atoms with van der Waals surface area (Å²) in [6.45, 7) is 4.26. The van der Waals surface area contributed by atoms with Crippen LogP contribution < -0.4 is 5.32 Å². The topological polar surface area (TPSA) is 92.3 Å². The fourth-order valence-corrected chi connectivity index (χ4v) is 3.86. The van der Waals surface area contributed by atoms with Gasteiger partial charge in [-0.3, -0.25) is 4.79 Å². The summed E-state index contributed by atoms with van der Waals surface area (Å²) >= 11 is 1.33. The van der Waals surface area contributed by atoms with E-state index in [2.05, 4.69) is 15.5 Å². The van der Waals surface area contributed by atoms with Crippen LogP contribution in [0.2, 0.25) is 0 Å². The van der Waals surface area contributed by atoms with Crippen molar-refractivity contribution in [1.82, 2.24) is 14.5 Å². The summed E-state index contributed by atoms with van der Waals surface area (Å²) in [6.07, 6.45) is 1.09. The van der Waals surface area contributed by atoms with Crippen molar-refractivity contribution in [3.63, 3.8) is 0 Å². The Bertz CT molecular complexity index is 576. The second-order valence-electron chi connectivity index (χ2n) is 4.69. The summed E-state index contributed by atoms with van der Waals surface area (Å²) in [5.74, 6) is -0.161. The molecule has 2 rings (SSSR count). The van der Waals surface area contributed by atoms with Gasteiger partial charge in [0.25, 0.3) is 0 Å². The van der Waals surface area contributed by atoms with Crippen LogP contribution in [0.1, 0.15) is 24.8 Å². The van der Waals surface area contributed by atoms with Crippen LogP contribution >= 0.6 is 11.3 Å². The van der Waals surface area contributed by atoms with Gasteiger partial charge in [-0.25, -0.2) is 12.7 Å². The van der Waals surface area contributed by atoms with Gasteiger partial charge in [0.2, 0.25) is 21.1 Å². The Kier molecular flexibility index (Phi) is 4.71. The highest BCUT2D eigenvalue weighted by molar-refractivity contribution is 7.89. The van der Waals surface area contributed by atoms with Crippen molar-refractivity contribution >= 4 is 32.4 Å². The smallest absolute Gasteiger partial charge is 0.229 e. The quantitative estimate of drug-likeness (QED) is 0.888. The number of hydrogen-bond donors (Lipinski definition) is 1. The maximum atomic E-state index is 12.1. The minimum atomic E-state index is -3.14. The SMILES string of the molecule is CCS(=O)(=O)N1CCC(C(=O)Nc2nnc(C)s2)CC1. The first-order valence-corrected chi connectivity index (χ1v) is 8.93. The molecule has 9 heteroatoms. The number of anilines is 1. The molecule has 1 aliphatic heterocycles. The van der Waals surface area contributed by atoms with Crippen molar-refractivity contribution in [2.45, 2.75) is 26.7 Å². The van der Waals surface area contributed by atoms with Crippen LogP contribution in [-0.4, -0.2) is 47.7 Å². The highest BCUT2D eigenvalue weighted by Gasteiger charge is 2.30. The predicted molar refractivity (Wildman–Crippen MR) is 77.0 cm³/mol. The zero-order valence-electron chi connectivity index (χ0n) is 11.5. The number of aromatic nitrogens is 2. The summed E-state index contributed by atoms with van der Waals surface area (Å²) in [6, 6.07) is 0. The van der Waals surface area contributed by atoms with E-state index < -0.39 is 10.0 Å². The molecule has 1 aliphatic rings. The largest absolute Gasteiger partial charge is 0.300 e. The number of nitrogens with zero attached hydrogens (tertiary/aromatic N) is 3. The van der Waals surface area contributed by atoms with Crippen molar-refractivity contribution in [3.05, 3.63) is 5.01 Å². The minimum Gasteiger partial charge on any atom is -0.300 e. The average Bonchev–Trinajstić information content (AvgIpc) is 2.84. The van der Waals surface area contributed by atoms with Gasteiger partial charge in [0.1, 0.15) is 5.01 Å². The molecule has 1 aromatic heterocycles. The van der Waals surface area contributed by atoms with Gasteiger partial charge in [-0.15, -0.1) is 10.2 Å². The van der Waals surface area contributed by atoms with Crippen LogP contribution in [0.3, 0.4) is 0 Å². The fraction of sp³-hybridized carbons (Fsp3) is 0.727. The molecule has 1 aromatic rings. The maximum absolute atomic E-state index is 12.1. The van der Waals surface area contributed by atoms with Gasteiger partial charge in [0.05, 0.1) is 5.75 Å². The number of amides is 1. The number of sulfonamides is 1. The molecule has 0 radical (unpaired) electrons. The van der Waals surface area contributed by atoms with Gasteiger partial charge in [0, 0.05) is 19.0 Å². The molecular formula is C11H18N4O3S2. The van der Waals surface area contributed by atoms with Crippen LogP contribution in [0.5, 0.6) is 0 Å². The number of aryl methyl sites for hydroxylation is 1. The van der Waals surface area contributed by atoms with Crippen LogP contribution in [0.4, 0.5) is 5.13 Å². The molecule has 0 saturated carbocycles. The molecular weight excluding hydrogens is 300 g/mol. The number of rotatable bonds is 4. The molecule has 1 fully saturated rings. The van der Waals surface area contributed by atoms with Gasteiger partial charge in [-0.05, 0) is 26.7 Å². The van der Waals surface area contributed by atoms with Crippen molar-refractivity contribution in [3.8, 4) is 0 Å². The van der Waals surface area contributed by atoms with E-state index in [1.165, 1.54) is 15.6 Å². The maximum Gasteiger partial charge on any atom is 0.229 e. The summed E-state index contributed by atoms with van der Waals surface area (Å²) < 4.78 is 24.9. The van der Waals surface area contributed by atoms with E-state index in [1.54, 1.807) is 6.92 Å². The molecule has 0 spiro atoms. The zero-order chi connectivity index (χ0) is 14.8. The van der Waals surface area contributed by atoms with Crippen LogP contribution in [0.15, 0.2) is 0 Å². The molecule has 0 unspecified atom stereocenters. The Morgan fingerprint density at radius 1 is 1.40 bits per heavy atom. The lowest BCUT2D eigenvalue weighted by molar-refractivity contribution is -0.120. The Morgan fingerprint density at radius 3 is 2.55 bits per heavy atom. The van der Waals surface area contributed by atoms with Crippen LogP contribution in [-0.2, 0) is 14.8 Å². The molecule has 20 heavy (non-hydrogen) atoms. The summed E-state index contributed by atoms with van der Waals surface area (Å²) in [5, 5.41) is 11.7. The van der Waals surface area contributed by atoms with Crippen LogP contribution in [0, 0.1) is 12.8 Å². The first kappa shape index (κ1) is 15.3. The van der Waals surface area contributed by atoms with E-state index in [9.17, 15) is 13.2 Å². The lowest BCUT2D eigenvalue weighted by Crippen LogP contribution is -2.42. The molecule has 1 amide bonds. The minimum absolute atomic E-state index is 0.102. The number of piperidine rings is 1. The molecule has 0 atom stereocenters. The van der Waals surface area contributed by atoms with Gasteiger partial charge < -0.3 is 5.32 Å².